The summed E-state index contributed by atoms with van der Waals surface area (Å²) in [5.74, 6) is 1.86. The monoisotopic (exact) mass is 387 g/mol. The summed E-state index contributed by atoms with van der Waals surface area (Å²) in [6.07, 6.45) is 0.0744. The van der Waals surface area contributed by atoms with Crippen molar-refractivity contribution in [3.05, 3.63) is 41.7 Å². The van der Waals surface area contributed by atoms with E-state index in [1.807, 2.05) is 18.7 Å². The quantitative estimate of drug-likeness (QED) is 0.752. The normalized spacial score (nSPS) is 19.2. The number of carbonyl (C=O) groups is 1. The Hall–Kier alpha value is -2.87. The lowest BCUT2D eigenvalue weighted by Gasteiger charge is -2.35. The van der Waals surface area contributed by atoms with Crippen molar-refractivity contribution in [2.24, 2.45) is 0 Å². The van der Waals surface area contributed by atoms with Crippen molar-refractivity contribution in [1.29, 1.82) is 0 Å². The van der Waals surface area contributed by atoms with Gasteiger partial charge < -0.3 is 23.8 Å². The van der Waals surface area contributed by atoms with Gasteiger partial charge in [-0.3, -0.25) is 4.79 Å². The Balaban J connectivity index is 1.62. The van der Waals surface area contributed by atoms with Crippen LogP contribution in [0.3, 0.4) is 0 Å². The topological polar surface area (TPSA) is 83.0 Å². The second-order valence-corrected chi connectivity index (χ2v) is 6.65. The summed E-state index contributed by atoms with van der Waals surface area (Å²) >= 11 is 0. The molecule has 0 spiro atoms. The predicted octanol–water partition coefficient (Wildman–Crippen LogP) is 2.32. The highest BCUT2D eigenvalue weighted by Crippen LogP contribution is 2.19. The summed E-state index contributed by atoms with van der Waals surface area (Å²) in [6, 6.07) is 8.64. The molecule has 0 unspecified atom stereocenters. The highest BCUT2D eigenvalue weighted by Gasteiger charge is 2.26. The van der Waals surface area contributed by atoms with Crippen LogP contribution in [0.2, 0.25) is 0 Å². The predicted molar refractivity (Wildman–Crippen MR) is 102 cm³/mol. The number of rotatable bonds is 6. The molecule has 0 aliphatic carbocycles. The van der Waals surface area contributed by atoms with Gasteiger partial charge in [-0.25, -0.2) is 0 Å². The van der Waals surface area contributed by atoms with Crippen molar-refractivity contribution in [2.75, 3.05) is 27.3 Å². The van der Waals surface area contributed by atoms with E-state index < -0.39 is 0 Å². The van der Waals surface area contributed by atoms with E-state index in [2.05, 4.69) is 9.97 Å². The van der Waals surface area contributed by atoms with Gasteiger partial charge in [0.2, 0.25) is 11.8 Å². The maximum atomic E-state index is 12.7. The molecule has 1 aromatic heterocycles. The van der Waals surface area contributed by atoms with Crippen molar-refractivity contribution in [2.45, 2.75) is 32.7 Å². The van der Waals surface area contributed by atoms with E-state index in [4.69, 9.17) is 18.9 Å². The largest absolute Gasteiger partial charge is 0.486 e. The van der Waals surface area contributed by atoms with E-state index >= 15 is 0 Å². The summed E-state index contributed by atoms with van der Waals surface area (Å²) in [5, 5.41) is 0. The van der Waals surface area contributed by atoms with Crippen LogP contribution in [0.1, 0.15) is 30.0 Å². The lowest BCUT2D eigenvalue weighted by molar-refractivity contribution is -0.0586. The zero-order chi connectivity index (χ0) is 20.1. The Labute approximate surface area is 164 Å². The van der Waals surface area contributed by atoms with E-state index in [1.165, 1.54) is 14.2 Å². The molecule has 8 heteroatoms. The molecule has 2 heterocycles. The molecule has 1 fully saturated rings. The van der Waals surface area contributed by atoms with Crippen molar-refractivity contribution in [3.63, 3.8) is 0 Å². The minimum absolute atomic E-state index is 0.00517. The lowest BCUT2D eigenvalue weighted by atomic mass is 10.1. The number of ether oxygens (including phenoxy) is 4. The maximum Gasteiger partial charge on any atom is 0.254 e. The van der Waals surface area contributed by atoms with Crippen molar-refractivity contribution >= 4 is 5.91 Å². The molecule has 1 aromatic carbocycles. The van der Waals surface area contributed by atoms with Gasteiger partial charge in [0.25, 0.3) is 5.91 Å². The van der Waals surface area contributed by atoms with Gasteiger partial charge in [0.1, 0.15) is 12.4 Å². The molecule has 1 saturated heterocycles. The molecular weight excluding hydrogens is 362 g/mol. The first-order valence-corrected chi connectivity index (χ1v) is 9.12. The van der Waals surface area contributed by atoms with Crippen molar-refractivity contribution in [1.82, 2.24) is 14.9 Å². The van der Waals surface area contributed by atoms with Crippen molar-refractivity contribution < 1.29 is 23.7 Å². The summed E-state index contributed by atoms with van der Waals surface area (Å²) < 4.78 is 21.7. The molecule has 2 atom stereocenters. The van der Waals surface area contributed by atoms with Crippen LogP contribution in [-0.4, -0.2) is 60.3 Å². The molecule has 8 nitrogen and oxygen atoms in total. The fourth-order valence-electron chi connectivity index (χ4n) is 3.09. The SMILES string of the molecule is COc1cc(OC)nc(COc2ccc(C(=O)N3C[C@@H](C)O[C@H](C)C3)cc2)n1. The molecule has 0 radical (unpaired) electrons. The Morgan fingerprint density at radius 1 is 1.07 bits per heavy atom. The number of carbonyl (C=O) groups excluding carboxylic acids is 1. The minimum Gasteiger partial charge on any atom is -0.486 e. The fourth-order valence-corrected chi connectivity index (χ4v) is 3.09. The van der Waals surface area contributed by atoms with Crippen LogP contribution >= 0.6 is 0 Å². The van der Waals surface area contributed by atoms with Crippen LogP contribution < -0.4 is 14.2 Å². The third-order valence-electron chi connectivity index (χ3n) is 4.32. The average Bonchev–Trinajstić information content (AvgIpc) is 2.71. The van der Waals surface area contributed by atoms with Gasteiger partial charge in [-0.05, 0) is 38.1 Å². The Kier molecular flexibility index (Phi) is 6.30. The van der Waals surface area contributed by atoms with Crippen LogP contribution in [0.25, 0.3) is 0 Å². The first-order valence-electron chi connectivity index (χ1n) is 9.12. The van der Waals surface area contributed by atoms with Crippen LogP contribution in [0, 0.1) is 0 Å². The highest BCUT2D eigenvalue weighted by molar-refractivity contribution is 5.94. The zero-order valence-electron chi connectivity index (χ0n) is 16.5. The third-order valence-corrected chi connectivity index (χ3v) is 4.32. The number of amides is 1. The minimum atomic E-state index is -0.00517. The highest BCUT2D eigenvalue weighted by atomic mass is 16.5. The molecule has 0 N–H and O–H groups in total. The van der Waals surface area contributed by atoms with Gasteiger partial charge in [-0.1, -0.05) is 0 Å². The second kappa shape index (κ2) is 8.88. The summed E-state index contributed by atoms with van der Waals surface area (Å²) in [4.78, 5) is 23.0. The van der Waals surface area contributed by atoms with Gasteiger partial charge in [0, 0.05) is 18.7 Å². The number of benzene rings is 1. The van der Waals surface area contributed by atoms with Gasteiger partial charge in [0.15, 0.2) is 5.82 Å². The van der Waals surface area contributed by atoms with Gasteiger partial charge in [-0.15, -0.1) is 0 Å². The van der Waals surface area contributed by atoms with E-state index in [9.17, 15) is 4.79 Å². The van der Waals surface area contributed by atoms with E-state index in [0.29, 0.717) is 42.0 Å². The summed E-state index contributed by atoms with van der Waals surface area (Å²) in [5.41, 5.74) is 0.618. The number of aromatic nitrogens is 2. The van der Waals surface area contributed by atoms with Crippen LogP contribution in [-0.2, 0) is 11.3 Å². The average molecular weight is 387 g/mol. The summed E-state index contributed by atoms with van der Waals surface area (Å²) in [7, 11) is 3.05. The molecule has 2 aromatic rings. The van der Waals surface area contributed by atoms with Crippen molar-refractivity contribution in [3.8, 4) is 17.5 Å². The van der Waals surface area contributed by atoms with Gasteiger partial charge in [0.05, 0.1) is 32.5 Å². The van der Waals surface area contributed by atoms with Crippen LogP contribution in [0.15, 0.2) is 30.3 Å². The van der Waals surface area contributed by atoms with E-state index in [0.717, 1.165) is 0 Å². The standard InChI is InChI=1S/C20H25N3O5/c1-13-10-23(11-14(2)28-13)20(24)15-5-7-16(8-6-15)27-12-17-21-18(25-3)9-19(22-17)26-4/h5-9,13-14H,10-12H2,1-4H3/t13-,14-/m1/s1. The number of hydrogen-bond donors (Lipinski definition) is 0. The molecule has 3 rings (SSSR count). The number of methoxy groups -OCH3 is 2. The smallest absolute Gasteiger partial charge is 0.254 e. The number of hydrogen-bond acceptors (Lipinski definition) is 7. The van der Waals surface area contributed by atoms with E-state index in [-0.39, 0.29) is 24.7 Å². The Morgan fingerprint density at radius 3 is 2.18 bits per heavy atom. The lowest BCUT2D eigenvalue weighted by Crippen LogP contribution is -2.48. The fraction of sp³-hybridized carbons (Fsp3) is 0.450. The summed E-state index contributed by atoms with van der Waals surface area (Å²) in [6.45, 7) is 5.29. The molecule has 28 heavy (non-hydrogen) atoms. The second-order valence-electron chi connectivity index (χ2n) is 6.65. The first kappa shape index (κ1) is 19.9. The Bertz CT molecular complexity index is 780. The van der Waals surface area contributed by atoms with Gasteiger partial charge in [-0.2, -0.15) is 9.97 Å². The first-order chi connectivity index (χ1) is 13.5. The molecular formula is C20H25N3O5. The number of nitrogens with zero attached hydrogens (tertiary/aromatic N) is 3. The molecule has 0 bridgehead atoms. The van der Waals surface area contributed by atoms with Crippen LogP contribution in [0.4, 0.5) is 0 Å². The zero-order valence-corrected chi connectivity index (χ0v) is 16.5. The maximum absolute atomic E-state index is 12.7. The van der Waals surface area contributed by atoms with Gasteiger partial charge >= 0.3 is 0 Å². The Morgan fingerprint density at radius 2 is 1.64 bits per heavy atom. The van der Waals surface area contributed by atoms with E-state index in [1.54, 1.807) is 30.3 Å². The molecule has 150 valence electrons. The third kappa shape index (κ3) is 4.89. The molecule has 1 amide bonds. The molecule has 1 aliphatic rings. The number of morpholine rings is 1. The molecule has 1 aliphatic heterocycles. The molecule has 0 saturated carbocycles. The van der Waals surface area contributed by atoms with Crippen LogP contribution in [0.5, 0.6) is 17.5 Å².